The molecule has 0 saturated carbocycles. The van der Waals surface area contributed by atoms with Crippen molar-refractivity contribution in [1.82, 2.24) is 9.97 Å². The van der Waals surface area contributed by atoms with Crippen LogP contribution in [0.3, 0.4) is 0 Å². The fourth-order valence-corrected chi connectivity index (χ4v) is 2.01. The maximum atomic E-state index is 11.0. The van der Waals surface area contributed by atoms with Crippen molar-refractivity contribution < 1.29 is 4.92 Å². The third-order valence-corrected chi connectivity index (χ3v) is 3.13. The molecule has 7 heteroatoms. The highest BCUT2D eigenvalue weighted by atomic mass is 16.6. The summed E-state index contributed by atoms with van der Waals surface area (Å²) < 4.78 is 0. The van der Waals surface area contributed by atoms with Crippen LogP contribution in [0.2, 0.25) is 0 Å². The second-order valence-electron chi connectivity index (χ2n) is 4.78. The fraction of sp³-hybridized carbons (Fsp3) is 0.286. The van der Waals surface area contributed by atoms with Crippen molar-refractivity contribution in [1.29, 1.82) is 0 Å². The smallest absolute Gasteiger partial charge is 0.352 e. The van der Waals surface area contributed by atoms with E-state index in [-0.39, 0.29) is 23.4 Å². The molecular formula is C14H17N5O2. The highest BCUT2D eigenvalue weighted by Gasteiger charge is 2.21. The van der Waals surface area contributed by atoms with Gasteiger partial charge in [0.2, 0.25) is 11.6 Å². The normalized spacial score (nSPS) is 11.9. The van der Waals surface area contributed by atoms with Gasteiger partial charge >= 0.3 is 5.69 Å². The molecule has 1 heterocycles. The minimum Gasteiger partial charge on any atom is -0.378 e. The Labute approximate surface area is 122 Å². The highest BCUT2D eigenvalue weighted by Crippen LogP contribution is 2.27. The Morgan fingerprint density at radius 3 is 2.71 bits per heavy atom. The lowest BCUT2D eigenvalue weighted by Crippen LogP contribution is -2.18. The van der Waals surface area contributed by atoms with Gasteiger partial charge in [0.15, 0.2) is 0 Å². The first-order chi connectivity index (χ1) is 10.1. The van der Waals surface area contributed by atoms with Gasteiger partial charge in [0.05, 0.1) is 4.92 Å². The molecule has 0 aliphatic rings. The van der Waals surface area contributed by atoms with Crippen molar-refractivity contribution in [3.63, 3.8) is 0 Å². The first kappa shape index (κ1) is 14.7. The highest BCUT2D eigenvalue weighted by molar-refractivity contribution is 5.67. The number of hydrogen-bond acceptors (Lipinski definition) is 6. The monoisotopic (exact) mass is 287 g/mol. The zero-order chi connectivity index (χ0) is 15.2. The van der Waals surface area contributed by atoms with E-state index in [0.29, 0.717) is 0 Å². The van der Waals surface area contributed by atoms with Crippen LogP contribution in [0.25, 0.3) is 0 Å². The van der Waals surface area contributed by atoms with Gasteiger partial charge in [-0.05, 0) is 25.3 Å². The first-order valence-electron chi connectivity index (χ1n) is 6.63. The van der Waals surface area contributed by atoms with Crippen LogP contribution in [0.4, 0.5) is 17.3 Å². The number of nitrogens with one attached hydrogen (secondary N) is 1. The zero-order valence-corrected chi connectivity index (χ0v) is 11.7. The summed E-state index contributed by atoms with van der Waals surface area (Å²) in [6.07, 6.45) is 2.92. The second-order valence-corrected chi connectivity index (χ2v) is 4.78. The molecule has 21 heavy (non-hydrogen) atoms. The summed E-state index contributed by atoms with van der Waals surface area (Å²) in [5.41, 5.74) is 6.48. The molecule has 7 nitrogen and oxygen atoms in total. The van der Waals surface area contributed by atoms with Crippen LogP contribution in [0.15, 0.2) is 36.7 Å². The predicted molar refractivity (Wildman–Crippen MR) is 80.9 cm³/mol. The third-order valence-electron chi connectivity index (χ3n) is 3.13. The van der Waals surface area contributed by atoms with Gasteiger partial charge in [-0.15, -0.1) is 0 Å². The Morgan fingerprint density at radius 1 is 1.33 bits per heavy atom. The molecule has 110 valence electrons. The number of rotatable bonds is 6. The largest absolute Gasteiger partial charge is 0.378 e. The molecule has 0 aliphatic carbocycles. The molecule has 2 rings (SSSR count). The standard InChI is InChI=1S/C14H17N5O2/c1-10(7-8-11-5-3-2-4-6-11)18-14-12(19(20)21)13(15)16-9-17-14/h2-6,9-10H,7-8H2,1H3,(H3,15,16,17,18). The topological polar surface area (TPSA) is 107 Å². The summed E-state index contributed by atoms with van der Waals surface area (Å²) in [7, 11) is 0. The van der Waals surface area contributed by atoms with E-state index in [2.05, 4.69) is 27.4 Å². The maximum absolute atomic E-state index is 11.0. The first-order valence-corrected chi connectivity index (χ1v) is 6.63. The van der Waals surface area contributed by atoms with Crippen LogP contribution >= 0.6 is 0 Å². The van der Waals surface area contributed by atoms with Crippen molar-refractivity contribution in [2.45, 2.75) is 25.8 Å². The van der Waals surface area contributed by atoms with Crippen LogP contribution in [0, 0.1) is 10.1 Å². The molecule has 0 radical (unpaired) electrons. The SMILES string of the molecule is CC(CCc1ccccc1)Nc1ncnc(N)c1[N+](=O)[O-]. The Balaban J connectivity index is 2.01. The number of nitrogen functional groups attached to an aromatic ring is 1. The molecule has 0 fully saturated rings. The van der Waals surface area contributed by atoms with Crippen molar-refractivity contribution in [3.05, 3.63) is 52.3 Å². The number of aryl methyl sites for hydroxylation is 1. The molecule has 1 aromatic carbocycles. The van der Waals surface area contributed by atoms with E-state index >= 15 is 0 Å². The Hall–Kier alpha value is -2.70. The zero-order valence-electron chi connectivity index (χ0n) is 11.7. The number of aromatic nitrogens is 2. The maximum Gasteiger partial charge on any atom is 0.352 e. The van der Waals surface area contributed by atoms with Crippen LogP contribution < -0.4 is 11.1 Å². The molecule has 0 bridgehead atoms. The van der Waals surface area contributed by atoms with Crippen LogP contribution in [-0.2, 0) is 6.42 Å². The lowest BCUT2D eigenvalue weighted by atomic mass is 10.1. The van der Waals surface area contributed by atoms with E-state index in [9.17, 15) is 10.1 Å². The van der Waals surface area contributed by atoms with Gasteiger partial charge in [0.25, 0.3) is 0 Å². The second kappa shape index (κ2) is 6.65. The van der Waals surface area contributed by atoms with Crippen molar-refractivity contribution in [2.24, 2.45) is 0 Å². The molecule has 0 aliphatic heterocycles. The lowest BCUT2D eigenvalue weighted by molar-refractivity contribution is -0.383. The van der Waals surface area contributed by atoms with Gasteiger partial charge in [-0.1, -0.05) is 30.3 Å². The summed E-state index contributed by atoms with van der Waals surface area (Å²) in [6.45, 7) is 1.95. The molecule has 0 saturated heterocycles. The molecular weight excluding hydrogens is 270 g/mol. The number of anilines is 2. The molecule has 2 aromatic rings. The summed E-state index contributed by atoms with van der Waals surface area (Å²) >= 11 is 0. The van der Waals surface area contributed by atoms with Gasteiger partial charge in [0, 0.05) is 6.04 Å². The minimum atomic E-state index is -0.568. The summed E-state index contributed by atoms with van der Waals surface area (Å²) in [6, 6.07) is 10.1. The van der Waals surface area contributed by atoms with E-state index in [1.165, 1.54) is 11.9 Å². The molecule has 1 unspecified atom stereocenters. The van der Waals surface area contributed by atoms with Gasteiger partial charge in [-0.25, -0.2) is 9.97 Å². The minimum absolute atomic E-state index is 0.0261. The van der Waals surface area contributed by atoms with E-state index in [4.69, 9.17) is 5.73 Å². The number of nitrogens with two attached hydrogens (primary N) is 1. The molecule has 0 spiro atoms. The number of nitrogens with zero attached hydrogens (tertiary/aromatic N) is 3. The Kier molecular flexibility index (Phi) is 4.65. The quantitative estimate of drug-likeness (QED) is 0.624. The number of benzene rings is 1. The molecule has 3 N–H and O–H groups in total. The Morgan fingerprint density at radius 2 is 2.05 bits per heavy atom. The van der Waals surface area contributed by atoms with E-state index < -0.39 is 4.92 Å². The predicted octanol–water partition coefficient (Wildman–Crippen LogP) is 2.40. The van der Waals surface area contributed by atoms with Crippen molar-refractivity contribution in [3.8, 4) is 0 Å². The third kappa shape index (κ3) is 3.88. The molecule has 0 amide bonds. The average molecular weight is 287 g/mol. The molecule has 1 atom stereocenters. The summed E-state index contributed by atoms with van der Waals surface area (Å²) in [5, 5.41) is 14.0. The molecule has 1 aromatic heterocycles. The van der Waals surface area contributed by atoms with E-state index in [0.717, 1.165) is 12.8 Å². The Bertz CT molecular complexity index is 618. The number of nitro groups is 1. The summed E-state index contributed by atoms with van der Waals surface area (Å²) in [4.78, 5) is 18.0. The van der Waals surface area contributed by atoms with Crippen molar-refractivity contribution in [2.75, 3.05) is 11.1 Å². The van der Waals surface area contributed by atoms with E-state index in [1.807, 2.05) is 25.1 Å². The fourth-order valence-electron chi connectivity index (χ4n) is 2.01. The van der Waals surface area contributed by atoms with Crippen LogP contribution in [0.1, 0.15) is 18.9 Å². The van der Waals surface area contributed by atoms with Crippen LogP contribution in [-0.4, -0.2) is 20.9 Å². The van der Waals surface area contributed by atoms with Crippen molar-refractivity contribution >= 4 is 17.3 Å². The number of hydrogen-bond donors (Lipinski definition) is 2. The average Bonchev–Trinajstić information content (AvgIpc) is 2.46. The van der Waals surface area contributed by atoms with Gasteiger partial charge in [-0.2, -0.15) is 0 Å². The van der Waals surface area contributed by atoms with Crippen LogP contribution in [0.5, 0.6) is 0 Å². The lowest BCUT2D eigenvalue weighted by Gasteiger charge is -2.14. The van der Waals surface area contributed by atoms with E-state index in [1.54, 1.807) is 0 Å². The summed E-state index contributed by atoms with van der Waals surface area (Å²) in [5.74, 6) is 0.0285. The van der Waals surface area contributed by atoms with Gasteiger partial charge in [0.1, 0.15) is 6.33 Å². The van der Waals surface area contributed by atoms with Gasteiger partial charge < -0.3 is 11.1 Å². The van der Waals surface area contributed by atoms with Gasteiger partial charge in [-0.3, -0.25) is 10.1 Å².